The smallest absolute Gasteiger partial charge is 0.0103 e. The minimum Gasteiger partial charge on any atom is -0.311 e. The van der Waals surface area contributed by atoms with E-state index in [1.54, 1.807) is 0 Å². The van der Waals surface area contributed by atoms with Crippen molar-refractivity contribution in [1.82, 2.24) is 5.32 Å². The monoisotopic (exact) mass is 237 g/mol. The highest BCUT2D eigenvalue weighted by Crippen LogP contribution is 2.40. The lowest BCUT2D eigenvalue weighted by Gasteiger charge is -2.42. The fourth-order valence-electron chi connectivity index (χ4n) is 3.73. The summed E-state index contributed by atoms with van der Waals surface area (Å²) in [6.07, 6.45) is 9.98. The van der Waals surface area contributed by atoms with E-state index in [1.165, 1.54) is 44.9 Å². The molecule has 2 fully saturated rings. The van der Waals surface area contributed by atoms with Crippen molar-refractivity contribution in [2.45, 2.75) is 84.7 Å². The van der Waals surface area contributed by atoms with Crippen LogP contribution in [0.2, 0.25) is 0 Å². The summed E-state index contributed by atoms with van der Waals surface area (Å²) in [7, 11) is 0. The average Bonchev–Trinajstić information content (AvgIpc) is 3.09. The van der Waals surface area contributed by atoms with Gasteiger partial charge in [-0.3, -0.25) is 0 Å². The largest absolute Gasteiger partial charge is 0.311 e. The molecule has 2 aliphatic rings. The molecule has 0 aromatic heterocycles. The topological polar surface area (TPSA) is 12.0 Å². The Bertz CT molecular complexity index is 236. The third-order valence-electron chi connectivity index (χ3n) is 4.94. The van der Waals surface area contributed by atoms with Gasteiger partial charge in [0.2, 0.25) is 0 Å². The van der Waals surface area contributed by atoms with Crippen molar-refractivity contribution in [3.8, 4) is 0 Å². The van der Waals surface area contributed by atoms with E-state index in [2.05, 4.69) is 33.0 Å². The van der Waals surface area contributed by atoms with E-state index in [0.717, 1.165) is 23.9 Å². The Hall–Kier alpha value is -0.0400. The summed E-state index contributed by atoms with van der Waals surface area (Å²) in [6, 6.07) is 1.59. The van der Waals surface area contributed by atoms with Gasteiger partial charge in [0.05, 0.1) is 0 Å². The summed E-state index contributed by atoms with van der Waals surface area (Å²) < 4.78 is 0. The lowest BCUT2D eigenvalue weighted by Crippen LogP contribution is -2.48. The molecule has 0 bridgehead atoms. The summed E-state index contributed by atoms with van der Waals surface area (Å²) in [5.41, 5.74) is 0.472. The maximum absolute atomic E-state index is 4.02. The predicted octanol–water partition coefficient (Wildman–Crippen LogP) is 4.37. The maximum Gasteiger partial charge on any atom is 0.0103 e. The average molecular weight is 237 g/mol. The highest BCUT2D eigenvalue weighted by Gasteiger charge is 2.37. The molecule has 1 nitrogen and oxygen atoms in total. The van der Waals surface area contributed by atoms with Crippen LogP contribution in [0.5, 0.6) is 0 Å². The lowest BCUT2D eigenvalue weighted by molar-refractivity contribution is 0.119. The zero-order valence-corrected chi connectivity index (χ0v) is 12.3. The second-order valence-electron chi connectivity index (χ2n) is 7.38. The van der Waals surface area contributed by atoms with Gasteiger partial charge in [0, 0.05) is 12.1 Å². The second kappa shape index (κ2) is 5.30. The molecule has 1 heteroatoms. The van der Waals surface area contributed by atoms with Crippen LogP contribution in [0.25, 0.3) is 0 Å². The molecule has 17 heavy (non-hydrogen) atoms. The normalized spacial score (nSPS) is 32.5. The van der Waals surface area contributed by atoms with Crippen LogP contribution in [0.1, 0.15) is 72.6 Å². The lowest BCUT2D eigenvalue weighted by atomic mass is 9.69. The number of hydrogen-bond acceptors (Lipinski definition) is 1. The van der Waals surface area contributed by atoms with E-state index in [1.807, 2.05) is 0 Å². The van der Waals surface area contributed by atoms with E-state index in [9.17, 15) is 0 Å². The quantitative estimate of drug-likeness (QED) is 0.765. The van der Waals surface area contributed by atoms with Gasteiger partial charge >= 0.3 is 0 Å². The molecule has 2 saturated carbocycles. The fraction of sp³-hybridized carbons (Fsp3) is 1.00. The minimum atomic E-state index is 0.472. The maximum atomic E-state index is 4.02. The van der Waals surface area contributed by atoms with Crippen LogP contribution >= 0.6 is 0 Å². The predicted molar refractivity (Wildman–Crippen MR) is 75.1 cm³/mol. The van der Waals surface area contributed by atoms with Crippen LogP contribution in [0, 0.1) is 17.3 Å². The van der Waals surface area contributed by atoms with Gasteiger partial charge in [-0.1, -0.05) is 40.5 Å². The van der Waals surface area contributed by atoms with Crippen molar-refractivity contribution in [2.24, 2.45) is 17.3 Å². The Balaban J connectivity index is 1.95. The summed E-state index contributed by atoms with van der Waals surface area (Å²) in [6.45, 7) is 9.63. The van der Waals surface area contributed by atoms with E-state index in [0.29, 0.717) is 5.41 Å². The zero-order chi connectivity index (χ0) is 12.5. The van der Waals surface area contributed by atoms with Gasteiger partial charge in [0.25, 0.3) is 0 Å². The van der Waals surface area contributed by atoms with Crippen LogP contribution in [0.3, 0.4) is 0 Å². The minimum absolute atomic E-state index is 0.472. The van der Waals surface area contributed by atoms with Gasteiger partial charge in [-0.05, 0) is 49.4 Å². The summed E-state index contributed by atoms with van der Waals surface area (Å²) in [4.78, 5) is 0. The van der Waals surface area contributed by atoms with Crippen LogP contribution < -0.4 is 5.32 Å². The summed E-state index contributed by atoms with van der Waals surface area (Å²) >= 11 is 0. The van der Waals surface area contributed by atoms with Crippen LogP contribution in [-0.4, -0.2) is 12.1 Å². The van der Waals surface area contributed by atoms with Gasteiger partial charge in [0.1, 0.15) is 0 Å². The number of hydrogen-bond donors (Lipinski definition) is 1. The van der Waals surface area contributed by atoms with E-state index < -0.39 is 0 Å². The molecule has 0 saturated heterocycles. The van der Waals surface area contributed by atoms with Crippen LogP contribution in [0.15, 0.2) is 0 Å². The van der Waals surface area contributed by atoms with Gasteiger partial charge in [0.15, 0.2) is 0 Å². The van der Waals surface area contributed by atoms with E-state index in [4.69, 9.17) is 0 Å². The number of rotatable bonds is 4. The zero-order valence-electron chi connectivity index (χ0n) is 12.3. The Morgan fingerprint density at radius 3 is 2.24 bits per heavy atom. The van der Waals surface area contributed by atoms with Crippen LogP contribution in [-0.2, 0) is 0 Å². The molecule has 2 rings (SSSR count). The Morgan fingerprint density at radius 2 is 1.71 bits per heavy atom. The Kier molecular flexibility index (Phi) is 4.18. The first kappa shape index (κ1) is 13.4. The standard InChI is InChI=1S/C16H31N/c1-5-14(12-10-11-12)17-15-9-7-6-8-13(15)16(2,3)4/h12-15,17H,5-11H2,1-4H3. The number of nitrogens with one attached hydrogen (secondary N) is 1. The van der Waals surface area contributed by atoms with Crippen molar-refractivity contribution in [1.29, 1.82) is 0 Å². The molecule has 3 unspecified atom stereocenters. The van der Waals surface area contributed by atoms with Gasteiger partial charge < -0.3 is 5.32 Å². The fourth-order valence-corrected chi connectivity index (χ4v) is 3.73. The molecule has 2 aliphatic carbocycles. The molecular formula is C16H31N. The summed E-state index contributed by atoms with van der Waals surface area (Å²) in [5, 5.41) is 4.02. The second-order valence-corrected chi connectivity index (χ2v) is 7.38. The molecule has 0 heterocycles. The first-order valence-electron chi connectivity index (χ1n) is 7.78. The van der Waals surface area contributed by atoms with Crippen molar-refractivity contribution in [2.75, 3.05) is 0 Å². The SMILES string of the molecule is CCC(NC1CCCCC1C(C)(C)C)C1CC1. The molecule has 0 amide bonds. The summed E-state index contributed by atoms with van der Waals surface area (Å²) in [5.74, 6) is 1.88. The molecular weight excluding hydrogens is 206 g/mol. The molecule has 1 N–H and O–H groups in total. The van der Waals surface area contributed by atoms with E-state index in [-0.39, 0.29) is 0 Å². The van der Waals surface area contributed by atoms with Crippen molar-refractivity contribution >= 4 is 0 Å². The highest BCUT2D eigenvalue weighted by atomic mass is 15.0. The van der Waals surface area contributed by atoms with E-state index >= 15 is 0 Å². The first-order valence-corrected chi connectivity index (χ1v) is 7.78. The first-order chi connectivity index (χ1) is 8.02. The molecule has 100 valence electrons. The molecule has 0 radical (unpaired) electrons. The third-order valence-corrected chi connectivity index (χ3v) is 4.94. The van der Waals surface area contributed by atoms with Crippen LogP contribution in [0.4, 0.5) is 0 Å². The van der Waals surface area contributed by atoms with Crippen molar-refractivity contribution in [3.05, 3.63) is 0 Å². The van der Waals surface area contributed by atoms with Gasteiger partial charge in [-0.2, -0.15) is 0 Å². The molecule has 0 aromatic carbocycles. The van der Waals surface area contributed by atoms with Crippen molar-refractivity contribution < 1.29 is 0 Å². The molecule has 0 spiro atoms. The van der Waals surface area contributed by atoms with Gasteiger partial charge in [-0.25, -0.2) is 0 Å². The molecule has 0 aliphatic heterocycles. The highest BCUT2D eigenvalue weighted by molar-refractivity contribution is 4.93. The Morgan fingerprint density at radius 1 is 1.06 bits per heavy atom. The molecule has 0 aromatic rings. The molecule has 3 atom stereocenters. The van der Waals surface area contributed by atoms with Gasteiger partial charge in [-0.15, -0.1) is 0 Å². The van der Waals surface area contributed by atoms with Crippen molar-refractivity contribution in [3.63, 3.8) is 0 Å². The Labute approximate surface area is 108 Å². The third kappa shape index (κ3) is 3.47.